The van der Waals surface area contributed by atoms with Crippen LogP contribution in [0.2, 0.25) is 5.02 Å². The Kier molecular flexibility index (Phi) is 5.99. The van der Waals surface area contributed by atoms with Crippen molar-refractivity contribution in [1.82, 2.24) is 9.80 Å². The maximum atomic E-state index is 6.05. The van der Waals surface area contributed by atoms with E-state index in [0.29, 0.717) is 30.9 Å². The van der Waals surface area contributed by atoms with E-state index in [0.717, 1.165) is 61.9 Å². The van der Waals surface area contributed by atoms with Crippen LogP contribution >= 0.6 is 11.6 Å². The lowest BCUT2D eigenvalue weighted by Crippen LogP contribution is -2.51. The van der Waals surface area contributed by atoms with Crippen LogP contribution < -0.4 is 5.73 Å². The number of nitrogens with two attached hydrogens (primary N) is 1. The quantitative estimate of drug-likeness (QED) is 0.791. The summed E-state index contributed by atoms with van der Waals surface area (Å²) in [5.74, 6) is 1.62. The van der Waals surface area contributed by atoms with Crippen LogP contribution in [0, 0.1) is 0 Å². The Morgan fingerprint density at radius 1 is 1.18 bits per heavy atom. The minimum absolute atomic E-state index is 0.347. The molecular weight excluding hydrogens is 374 g/mol. The monoisotopic (exact) mass is 401 g/mol. The third kappa shape index (κ3) is 4.57. The minimum Gasteiger partial charge on any atom is -0.385 e. The molecule has 1 aromatic rings. The Balaban J connectivity index is 1.42. The average Bonchev–Trinajstić information content (AvgIpc) is 3.05. The van der Waals surface area contributed by atoms with Gasteiger partial charge in [0.05, 0.1) is 19.6 Å². The second kappa shape index (κ2) is 8.64. The summed E-state index contributed by atoms with van der Waals surface area (Å²) in [4.78, 5) is 4.94. The number of nitrogens with zero attached hydrogens (tertiary/aromatic N) is 4. The van der Waals surface area contributed by atoms with Gasteiger partial charge in [-0.25, -0.2) is 0 Å². The maximum Gasteiger partial charge on any atom is 0.135 e. The highest BCUT2D eigenvalue weighted by Gasteiger charge is 2.33. The highest BCUT2D eigenvalue weighted by atomic mass is 35.5. The fourth-order valence-corrected chi connectivity index (χ4v) is 4.48. The molecule has 0 aliphatic carbocycles. The van der Waals surface area contributed by atoms with Gasteiger partial charge < -0.3 is 15.4 Å². The molecule has 0 spiro atoms. The largest absolute Gasteiger partial charge is 0.385 e. The van der Waals surface area contributed by atoms with Crippen molar-refractivity contribution in [3.8, 4) is 0 Å². The Morgan fingerprint density at radius 3 is 2.61 bits per heavy atom. The van der Waals surface area contributed by atoms with Gasteiger partial charge in [0, 0.05) is 36.7 Å². The molecule has 2 fully saturated rings. The number of hydrogen-bond donors (Lipinski definition) is 1. The van der Waals surface area contributed by atoms with Crippen molar-refractivity contribution in [3.63, 3.8) is 0 Å². The summed E-state index contributed by atoms with van der Waals surface area (Å²) in [6.45, 7) is 8.49. The molecule has 7 heteroatoms. The summed E-state index contributed by atoms with van der Waals surface area (Å²) >= 11 is 6.05. The number of amidine groups is 2. The van der Waals surface area contributed by atoms with E-state index in [1.807, 2.05) is 12.1 Å². The summed E-state index contributed by atoms with van der Waals surface area (Å²) in [5.41, 5.74) is 8.23. The molecule has 4 rings (SSSR count). The van der Waals surface area contributed by atoms with Crippen LogP contribution in [0.5, 0.6) is 0 Å². The van der Waals surface area contributed by atoms with Gasteiger partial charge in [-0.15, -0.1) is 10.2 Å². The zero-order valence-corrected chi connectivity index (χ0v) is 16.9. The van der Waals surface area contributed by atoms with E-state index < -0.39 is 0 Å². The van der Waals surface area contributed by atoms with Crippen LogP contribution in [0.3, 0.4) is 0 Å². The van der Waals surface area contributed by atoms with Gasteiger partial charge in [0.25, 0.3) is 0 Å². The highest BCUT2D eigenvalue weighted by molar-refractivity contribution is 6.30. The number of rotatable bonds is 3. The molecule has 0 amide bonds. The molecular formula is C21H28ClN5O. The van der Waals surface area contributed by atoms with Crippen LogP contribution in [-0.2, 0) is 11.2 Å². The lowest BCUT2D eigenvalue weighted by Gasteiger charge is -2.42. The first-order valence-electron chi connectivity index (χ1n) is 9.97. The first kappa shape index (κ1) is 19.4. The fraction of sp³-hybridized carbons (Fsp3) is 0.524. The summed E-state index contributed by atoms with van der Waals surface area (Å²) < 4.78 is 5.92. The summed E-state index contributed by atoms with van der Waals surface area (Å²) in [7, 11) is 0. The van der Waals surface area contributed by atoms with Gasteiger partial charge in [-0.3, -0.25) is 4.90 Å². The maximum absolute atomic E-state index is 6.05. The third-order valence-corrected chi connectivity index (χ3v) is 6.06. The van der Waals surface area contributed by atoms with Crippen molar-refractivity contribution in [2.45, 2.75) is 37.8 Å². The van der Waals surface area contributed by atoms with Crippen LogP contribution in [0.4, 0.5) is 0 Å². The molecule has 0 radical (unpaired) electrons. The Morgan fingerprint density at radius 2 is 1.93 bits per heavy atom. The topological polar surface area (TPSA) is 66.5 Å². The van der Waals surface area contributed by atoms with Crippen molar-refractivity contribution in [3.05, 3.63) is 47.0 Å². The van der Waals surface area contributed by atoms with E-state index in [1.54, 1.807) is 0 Å². The molecule has 0 aromatic heterocycles. The minimum atomic E-state index is 0.347. The standard InChI is InChI=1S/C21H28ClN5O/c1-15-12-27(18-6-8-26(9-7-18)21-11-20(23)24-25-21)19(14-28-13-15)10-16-2-4-17(22)5-3-16/h2-5,18-19H,1,6-14H2,(H2,23,24). The number of halogens is 1. The van der Waals surface area contributed by atoms with Crippen LogP contribution in [0.1, 0.15) is 24.8 Å². The van der Waals surface area contributed by atoms with Crippen molar-refractivity contribution in [1.29, 1.82) is 0 Å². The van der Waals surface area contributed by atoms with E-state index in [2.05, 4.69) is 38.7 Å². The van der Waals surface area contributed by atoms with Crippen molar-refractivity contribution in [2.75, 3.05) is 32.8 Å². The van der Waals surface area contributed by atoms with E-state index in [-0.39, 0.29) is 0 Å². The second-order valence-corrected chi connectivity index (χ2v) is 8.36. The Labute approximate surface area is 171 Å². The molecule has 1 aromatic carbocycles. The SMILES string of the molecule is C=C1COCC(Cc2ccc(Cl)cc2)N(C2CCN(C3=NN=C(N)C3)CC2)C1. The fourth-order valence-electron chi connectivity index (χ4n) is 4.35. The van der Waals surface area contributed by atoms with Gasteiger partial charge in [-0.2, -0.15) is 0 Å². The van der Waals surface area contributed by atoms with E-state index >= 15 is 0 Å². The van der Waals surface area contributed by atoms with E-state index in [9.17, 15) is 0 Å². The Bertz CT molecular complexity index is 768. The molecule has 1 unspecified atom stereocenters. The normalized spacial score (nSPS) is 24.8. The summed E-state index contributed by atoms with van der Waals surface area (Å²) in [6.07, 6.45) is 3.84. The van der Waals surface area contributed by atoms with Gasteiger partial charge in [0.15, 0.2) is 0 Å². The second-order valence-electron chi connectivity index (χ2n) is 7.92. The van der Waals surface area contributed by atoms with Gasteiger partial charge in [-0.05, 0) is 42.5 Å². The van der Waals surface area contributed by atoms with Crippen LogP contribution in [-0.4, -0.2) is 66.4 Å². The predicted molar refractivity (Wildman–Crippen MR) is 114 cm³/mol. The molecule has 0 bridgehead atoms. The number of hydrogen-bond acceptors (Lipinski definition) is 6. The lowest BCUT2D eigenvalue weighted by molar-refractivity contribution is 0.0605. The van der Waals surface area contributed by atoms with Crippen molar-refractivity contribution in [2.24, 2.45) is 15.9 Å². The summed E-state index contributed by atoms with van der Waals surface area (Å²) in [5, 5.41) is 8.99. The average molecular weight is 402 g/mol. The van der Waals surface area contributed by atoms with Crippen molar-refractivity contribution >= 4 is 23.3 Å². The van der Waals surface area contributed by atoms with Crippen LogP contribution in [0.25, 0.3) is 0 Å². The molecule has 3 aliphatic heterocycles. The lowest BCUT2D eigenvalue weighted by atomic mass is 9.97. The first-order valence-corrected chi connectivity index (χ1v) is 10.3. The van der Waals surface area contributed by atoms with Gasteiger partial charge in [0.2, 0.25) is 0 Å². The zero-order valence-electron chi connectivity index (χ0n) is 16.2. The van der Waals surface area contributed by atoms with E-state index in [4.69, 9.17) is 22.1 Å². The van der Waals surface area contributed by atoms with Gasteiger partial charge in [0.1, 0.15) is 11.7 Å². The first-order chi connectivity index (χ1) is 13.6. The molecule has 6 nitrogen and oxygen atoms in total. The molecule has 28 heavy (non-hydrogen) atoms. The highest BCUT2D eigenvalue weighted by Crippen LogP contribution is 2.25. The van der Waals surface area contributed by atoms with Crippen molar-refractivity contribution < 1.29 is 4.74 Å². The molecule has 2 saturated heterocycles. The number of benzene rings is 1. The molecule has 1 atom stereocenters. The number of piperidine rings is 1. The molecule has 2 N–H and O–H groups in total. The number of ether oxygens (including phenoxy) is 1. The molecule has 3 heterocycles. The van der Waals surface area contributed by atoms with Gasteiger partial charge in [-0.1, -0.05) is 30.3 Å². The summed E-state index contributed by atoms with van der Waals surface area (Å²) in [6, 6.07) is 9.03. The molecule has 0 saturated carbocycles. The molecule has 3 aliphatic rings. The van der Waals surface area contributed by atoms with E-state index in [1.165, 1.54) is 5.56 Å². The smallest absolute Gasteiger partial charge is 0.135 e. The van der Waals surface area contributed by atoms with Gasteiger partial charge >= 0.3 is 0 Å². The molecule has 150 valence electrons. The van der Waals surface area contributed by atoms with Crippen LogP contribution in [0.15, 0.2) is 46.6 Å². The third-order valence-electron chi connectivity index (χ3n) is 5.81. The number of likely N-dealkylation sites (tertiary alicyclic amines) is 1. The Hall–Kier alpha value is -1.89. The zero-order chi connectivity index (χ0) is 19.5. The predicted octanol–water partition coefficient (Wildman–Crippen LogP) is 2.68.